The summed E-state index contributed by atoms with van der Waals surface area (Å²) in [6, 6.07) is 0. The number of allylic oxidation sites excluding steroid dienone is 6. The maximum Gasteiger partial charge on any atom is -0.0393 e. The molecular weight excluding hydrogens is 144 g/mol. The highest BCUT2D eigenvalue weighted by atomic mass is 14.0. The zero-order valence-corrected chi connectivity index (χ0v) is 9.15. The van der Waals surface area contributed by atoms with Crippen molar-refractivity contribution in [2.45, 2.75) is 41.5 Å². The first-order chi connectivity index (χ1) is 5.54. The summed E-state index contributed by atoms with van der Waals surface area (Å²) < 4.78 is 0. The van der Waals surface area contributed by atoms with Crippen LogP contribution in [0.15, 0.2) is 34.4 Å². The van der Waals surface area contributed by atoms with Crippen LogP contribution in [0.4, 0.5) is 0 Å². The molecule has 0 aromatic carbocycles. The van der Waals surface area contributed by atoms with Crippen LogP contribution >= 0.6 is 0 Å². The molecule has 0 aromatic rings. The summed E-state index contributed by atoms with van der Waals surface area (Å²) in [5, 5.41) is 0. The van der Waals surface area contributed by atoms with E-state index < -0.39 is 0 Å². The van der Waals surface area contributed by atoms with Gasteiger partial charge in [-0.1, -0.05) is 23.3 Å². The second-order valence-electron chi connectivity index (χ2n) is 3.19. The standard InChI is InChI=1S/C12H20/c1-7-9(3)11(5)12(6)10(4)8-2/h7-8H,1-6H3/b9-7?,10-8?,12-11-. The Kier molecular flexibility index (Phi) is 4.65. The molecule has 12 heavy (non-hydrogen) atoms. The van der Waals surface area contributed by atoms with Gasteiger partial charge >= 0.3 is 0 Å². The lowest BCUT2D eigenvalue weighted by molar-refractivity contribution is 1.21. The summed E-state index contributed by atoms with van der Waals surface area (Å²) >= 11 is 0. The Bertz CT molecular complexity index is 211. The fraction of sp³-hybridized carbons (Fsp3) is 0.500. The quantitative estimate of drug-likeness (QED) is 0.535. The number of rotatable bonds is 2. The van der Waals surface area contributed by atoms with Crippen molar-refractivity contribution in [3.05, 3.63) is 34.4 Å². The molecule has 0 amide bonds. The largest absolute Gasteiger partial charge is 0.0844 e. The van der Waals surface area contributed by atoms with Gasteiger partial charge in [0.1, 0.15) is 0 Å². The van der Waals surface area contributed by atoms with E-state index >= 15 is 0 Å². The Labute approximate surface area is 76.7 Å². The molecule has 0 rings (SSSR count). The van der Waals surface area contributed by atoms with Gasteiger partial charge in [0, 0.05) is 0 Å². The van der Waals surface area contributed by atoms with Crippen LogP contribution in [0.2, 0.25) is 0 Å². The lowest BCUT2D eigenvalue weighted by Gasteiger charge is -2.08. The van der Waals surface area contributed by atoms with Crippen LogP contribution in [0, 0.1) is 0 Å². The molecule has 0 heterocycles. The summed E-state index contributed by atoms with van der Waals surface area (Å²) in [7, 11) is 0. The Morgan fingerprint density at radius 2 is 0.917 bits per heavy atom. The Hall–Kier alpha value is -0.780. The van der Waals surface area contributed by atoms with Crippen molar-refractivity contribution < 1.29 is 0 Å². The van der Waals surface area contributed by atoms with E-state index in [9.17, 15) is 0 Å². The van der Waals surface area contributed by atoms with Gasteiger partial charge < -0.3 is 0 Å². The predicted molar refractivity (Wildman–Crippen MR) is 57.2 cm³/mol. The fourth-order valence-electron chi connectivity index (χ4n) is 1.02. The third kappa shape index (κ3) is 2.69. The van der Waals surface area contributed by atoms with Gasteiger partial charge in [-0.05, 0) is 52.7 Å². The average molecular weight is 164 g/mol. The molecule has 0 aliphatic rings. The first-order valence-electron chi connectivity index (χ1n) is 4.48. The van der Waals surface area contributed by atoms with Crippen molar-refractivity contribution >= 4 is 0 Å². The monoisotopic (exact) mass is 164 g/mol. The van der Waals surface area contributed by atoms with Crippen molar-refractivity contribution in [1.29, 1.82) is 0 Å². The Morgan fingerprint density at radius 3 is 1.08 bits per heavy atom. The first kappa shape index (κ1) is 11.2. The molecule has 0 radical (unpaired) electrons. The molecular formula is C12H20. The zero-order chi connectivity index (χ0) is 9.72. The molecule has 0 atom stereocenters. The Morgan fingerprint density at radius 1 is 0.667 bits per heavy atom. The van der Waals surface area contributed by atoms with Crippen molar-refractivity contribution in [3.63, 3.8) is 0 Å². The maximum atomic E-state index is 2.18. The molecule has 0 aliphatic heterocycles. The average Bonchev–Trinajstić information content (AvgIpc) is 2.12. The molecule has 0 spiro atoms. The van der Waals surface area contributed by atoms with Crippen LogP contribution < -0.4 is 0 Å². The van der Waals surface area contributed by atoms with Gasteiger partial charge in [-0.25, -0.2) is 0 Å². The second-order valence-corrected chi connectivity index (χ2v) is 3.19. The molecule has 0 heteroatoms. The SMILES string of the molecule is CC=C(C)/C(C)=C(/C)C(C)=CC. The summed E-state index contributed by atoms with van der Waals surface area (Å²) in [5.41, 5.74) is 5.53. The minimum absolute atomic E-state index is 1.37. The van der Waals surface area contributed by atoms with E-state index in [2.05, 4.69) is 53.7 Å². The smallest absolute Gasteiger partial charge is 0.0393 e. The predicted octanol–water partition coefficient (Wildman–Crippen LogP) is 4.26. The van der Waals surface area contributed by atoms with Crippen LogP contribution in [0.5, 0.6) is 0 Å². The minimum atomic E-state index is 1.37. The molecule has 0 nitrogen and oxygen atoms in total. The van der Waals surface area contributed by atoms with E-state index in [1.54, 1.807) is 0 Å². The van der Waals surface area contributed by atoms with Crippen molar-refractivity contribution in [3.8, 4) is 0 Å². The van der Waals surface area contributed by atoms with Gasteiger partial charge in [0.15, 0.2) is 0 Å². The van der Waals surface area contributed by atoms with E-state index in [0.29, 0.717) is 0 Å². The van der Waals surface area contributed by atoms with Gasteiger partial charge in [0.25, 0.3) is 0 Å². The van der Waals surface area contributed by atoms with Crippen LogP contribution in [0.25, 0.3) is 0 Å². The highest BCUT2D eigenvalue weighted by Crippen LogP contribution is 2.19. The van der Waals surface area contributed by atoms with E-state index in [1.807, 2.05) is 0 Å². The first-order valence-corrected chi connectivity index (χ1v) is 4.48. The third-order valence-corrected chi connectivity index (χ3v) is 2.61. The zero-order valence-electron chi connectivity index (χ0n) is 9.15. The number of hydrogen-bond donors (Lipinski definition) is 0. The molecule has 0 fully saturated rings. The summed E-state index contributed by atoms with van der Waals surface area (Å²) in [6.45, 7) is 12.8. The van der Waals surface area contributed by atoms with Gasteiger partial charge in [-0.15, -0.1) is 0 Å². The molecule has 68 valence electrons. The maximum absolute atomic E-state index is 2.18. The lowest BCUT2D eigenvalue weighted by Crippen LogP contribution is -1.87. The number of hydrogen-bond acceptors (Lipinski definition) is 0. The van der Waals surface area contributed by atoms with Gasteiger partial charge in [-0.2, -0.15) is 0 Å². The molecule has 0 N–H and O–H groups in total. The van der Waals surface area contributed by atoms with E-state index in [-0.39, 0.29) is 0 Å². The second kappa shape index (κ2) is 4.97. The Balaban J connectivity index is 4.95. The van der Waals surface area contributed by atoms with Gasteiger partial charge in [0.05, 0.1) is 0 Å². The highest BCUT2D eigenvalue weighted by Gasteiger charge is 1.99. The van der Waals surface area contributed by atoms with Crippen LogP contribution in [0.1, 0.15) is 41.5 Å². The molecule has 0 saturated heterocycles. The highest BCUT2D eigenvalue weighted by molar-refractivity contribution is 5.40. The van der Waals surface area contributed by atoms with Crippen molar-refractivity contribution in [1.82, 2.24) is 0 Å². The van der Waals surface area contributed by atoms with Gasteiger partial charge in [0.2, 0.25) is 0 Å². The van der Waals surface area contributed by atoms with Crippen LogP contribution in [-0.4, -0.2) is 0 Å². The molecule has 0 aromatic heterocycles. The molecule has 0 saturated carbocycles. The molecule has 0 aliphatic carbocycles. The van der Waals surface area contributed by atoms with E-state index in [0.717, 1.165) is 0 Å². The van der Waals surface area contributed by atoms with E-state index in [4.69, 9.17) is 0 Å². The fourth-order valence-corrected chi connectivity index (χ4v) is 1.02. The normalized spacial score (nSPS) is 16.2. The van der Waals surface area contributed by atoms with Crippen molar-refractivity contribution in [2.75, 3.05) is 0 Å². The summed E-state index contributed by atoms with van der Waals surface area (Å²) in [6.07, 6.45) is 4.31. The summed E-state index contributed by atoms with van der Waals surface area (Å²) in [5.74, 6) is 0. The molecule has 0 unspecified atom stereocenters. The molecule has 0 bridgehead atoms. The third-order valence-electron chi connectivity index (χ3n) is 2.61. The van der Waals surface area contributed by atoms with E-state index in [1.165, 1.54) is 22.3 Å². The lowest BCUT2D eigenvalue weighted by atomic mass is 9.98. The van der Waals surface area contributed by atoms with Gasteiger partial charge in [-0.3, -0.25) is 0 Å². The minimum Gasteiger partial charge on any atom is -0.0844 e. The topological polar surface area (TPSA) is 0 Å². The summed E-state index contributed by atoms with van der Waals surface area (Å²) in [4.78, 5) is 0. The van der Waals surface area contributed by atoms with Crippen molar-refractivity contribution in [2.24, 2.45) is 0 Å². The van der Waals surface area contributed by atoms with Crippen LogP contribution in [-0.2, 0) is 0 Å². The van der Waals surface area contributed by atoms with Crippen LogP contribution in [0.3, 0.4) is 0 Å².